The minimum absolute atomic E-state index is 1.15. The first-order valence-electron chi connectivity index (χ1n) is 6.72. The maximum Gasteiger partial charge on any atom is 0.0783 e. The highest BCUT2D eigenvalue weighted by atomic mass is 14.7. The maximum absolute atomic E-state index is 4.94. The van der Waals surface area contributed by atoms with Crippen molar-refractivity contribution in [2.24, 2.45) is 0 Å². The van der Waals surface area contributed by atoms with E-state index in [2.05, 4.69) is 42.5 Å². The molecule has 0 fully saturated rings. The summed E-state index contributed by atoms with van der Waals surface area (Å²) in [5.41, 5.74) is 3.96. The topological polar surface area (TPSA) is 12.9 Å². The van der Waals surface area contributed by atoms with Crippen molar-refractivity contribution >= 4 is 21.7 Å². The molecule has 0 saturated heterocycles. The van der Waals surface area contributed by atoms with Crippen LogP contribution in [-0.4, -0.2) is 4.98 Å². The summed E-state index contributed by atoms with van der Waals surface area (Å²) in [4.78, 5) is 4.94. The smallest absolute Gasteiger partial charge is 0.0783 e. The molecule has 3 aromatic rings. The Labute approximate surface area is 106 Å². The van der Waals surface area contributed by atoms with E-state index in [-0.39, 0.29) is 0 Å². The van der Waals surface area contributed by atoms with Gasteiger partial charge in [-0.3, -0.25) is 4.98 Å². The second-order valence-electron chi connectivity index (χ2n) is 5.16. The molecule has 0 amide bonds. The summed E-state index contributed by atoms with van der Waals surface area (Å²) < 4.78 is 0. The van der Waals surface area contributed by atoms with Crippen LogP contribution in [0.2, 0.25) is 0 Å². The molecule has 1 heterocycles. The summed E-state index contributed by atoms with van der Waals surface area (Å²) in [5.74, 6) is 0. The standard InChI is InChI=1S/C17H15N/c1-3-7-15-12(5-1)9-10-14-11-13-6-2-4-8-16(13)18-17(14)15/h1,3,5,7,9-11H,2,4,6,8H2. The van der Waals surface area contributed by atoms with Crippen LogP contribution in [0.5, 0.6) is 0 Å². The molecule has 0 unspecified atom stereocenters. The van der Waals surface area contributed by atoms with Crippen molar-refractivity contribution in [3.8, 4) is 0 Å². The van der Waals surface area contributed by atoms with Crippen molar-refractivity contribution in [2.75, 3.05) is 0 Å². The Kier molecular flexibility index (Phi) is 2.13. The minimum Gasteiger partial charge on any atom is -0.252 e. The van der Waals surface area contributed by atoms with Gasteiger partial charge in [-0.05, 0) is 42.7 Å². The lowest BCUT2D eigenvalue weighted by atomic mass is 9.94. The number of aryl methyl sites for hydroxylation is 2. The molecular weight excluding hydrogens is 218 g/mol. The Bertz CT molecular complexity index is 743. The molecular formula is C17H15N. The van der Waals surface area contributed by atoms with E-state index in [0.717, 1.165) is 6.42 Å². The van der Waals surface area contributed by atoms with Crippen LogP contribution in [0.3, 0.4) is 0 Å². The average Bonchev–Trinajstić information content (AvgIpc) is 2.45. The van der Waals surface area contributed by atoms with Gasteiger partial charge in [-0.15, -0.1) is 0 Å². The van der Waals surface area contributed by atoms with Crippen molar-refractivity contribution in [1.82, 2.24) is 4.98 Å². The van der Waals surface area contributed by atoms with Gasteiger partial charge in [-0.2, -0.15) is 0 Å². The van der Waals surface area contributed by atoms with Gasteiger partial charge < -0.3 is 0 Å². The molecule has 1 nitrogen and oxygen atoms in total. The third kappa shape index (κ3) is 1.43. The second kappa shape index (κ2) is 3.81. The SMILES string of the molecule is c1ccc2c(c1)ccc1cc3c(nc12)CCCC3. The minimum atomic E-state index is 1.15. The number of hydrogen-bond acceptors (Lipinski definition) is 1. The summed E-state index contributed by atoms with van der Waals surface area (Å²) in [6.07, 6.45) is 4.95. The van der Waals surface area contributed by atoms with E-state index in [9.17, 15) is 0 Å². The quantitative estimate of drug-likeness (QED) is 0.528. The number of rotatable bonds is 0. The van der Waals surface area contributed by atoms with E-state index in [1.165, 1.54) is 52.2 Å². The molecule has 1 aromatic heterocycles. The lowest BCUT2D eigenvalue weighted by molar-refractivity contribution is 0.671. The van der Waals surface area contributed by atoms with Crippen molar-refractivity contribution in [3.63, 3.8) is 0 Å². The zero-order valence-corrected chi connectivity index (χ0v) is 10.3. The van der Waals surface area contributed by atoms with Crippen LogP contribution < -0.4 is 0 Å². The van der Waals surface area contributed by atoms with Gasteiger partial charge in [0.25, 0.3) is 0 Å². The molecule has 0 aliphatic heterocycles. The van der Waals surface area contributed by atoms with E-state index in [1.807, 2.05) is 0 Å². The lowest BCUT2D eigenvalue weighted by Crippen LogP contribution is -2.05. The van der Waals surface area contributed by atoms with Gasteiger partial charge in [-0.1, -0.05) is 36.4 Å². The van der Waals surface area contributed by atoms with Crippen LogP contribution in [0.15, 0.2) is 42.5 Å². The Morgan fingerprint density at radius 1 is 0.833 bits per heavy atom. The van der Waals surface area contributed by atoms with Crippen LogP contribution in [0.4, 0.5) is 0 Å². The largest absolute Gasteiger partial charge is 0.252 e. The predicted molar refractivity (Wildman–Crippen MR) is 75.9 cm³/mol. The van der Waals surface area contributed by atoms with Crippen LogP contribution >= 0.6 is 0 Å². The van der Waals surface area contributed by atoms with Crippen molar-refractivity contribution < 1.29 is 0 Å². The summed E-state index contributed by atoms with van der Waals surface area (Å²) in [5, 5.41) is 3.85. The molecule has 2 aromatic carbocycles. The average molecular weight is 233 g/mol. The van der Waals surface area contributed by atoms with Gasteiger partial charge in [0, 0.05) is 16.5 Å². The predicted octanol–water partition coefficient (Wildman–Crippen LogP) is 4.27. The molecule has 1 aliphatic carbocycles. The van der Waals surface area contributed by atoms with Gasteiger partial charge >= 0.3 is 0 Å². The summed E-state index contributed by atoms with van der Waals surface area (Å²) in [6.45, 7) is 0. The number of fused-ring (bicyclic) bond motifs is 4. The van der Waals surface area contributed by atoms with Gasteiger partial charge in [0.05, 0.1) is 5.52 Å². The fraction of sp³-hybridized carbons (Fsp3) is 0.235. The van der Waals surface area contributed by atoms with Crippen molar-refractivity contribution in [1.29, 1.82) is 0 Å². The summed E-state index contributed by atoms with van der Waals surface area (Å²) >= 11 is 0. The van der Waals surface area contributed by atoms with E-state index in [0.29, 0.717) is 0 Å². The highest BCUT2D eigenvalue weighted by Gasteiger charge is 2.12. The van der Waals surface area contributed by atoms with Crippen LogP contribution in [0, 0.1) is 0 Å². The zero-order valence-electron chi connectivity index (χ0n) is 10.3. The molecule has 0 bridgehead atoms. The molecule has 0 atom stereocenters. The van der Waals surface area contributed by atoms with E-state index < -0.39 is 0 Å². The fourth-order valence-electron chi connectivity index (χ4n) is 3.03. The molecule has 88 valence electrons. The van der Waals surface area contributed by atoms with E-state index in [1.54, 1.807) is 0 Å². The normalized spacial score (nSPS) is 14.9. The number of hydrogen-bond donors (Lipinski definition) is 0. The van der Waals surface area contributed by atoms with Crippen LogP contribution in [0.25, 0.3) is 21.7 Å². The molecule has 1 heteroatoms. The molecule has 0 spiro atoms. The third-order valence-corrected chi connectivity index (χ3v) is 3.99. The fourth-order valence-corrected chi connectivity index (χ4v) is 3.03. The third-order valence-electron chi connectivity index (χ3n) is 3.99. The Morgan fingerprint density at radius 2 is 1.67 bits per heavy atom. The monoisotopic (exact) mass is 233 g/mol. The van der Waals surface area contributed by atoms with Gasteiger partial charge in [-0.25, -0.2) is 0 Å². The Balaban J connectivity index is 2.12. The summed E-state index contributed by atoms with van der Waals surface area (Å²) in [6, 6.07) is 15.3. The molecule has 4 rings (SSSR count). The maximum atomic E-state index is 4.94. The molecule has 0 saturated carbocycles. The number of benzene rings is 2. The molecule has 1 aliphatic rings. The van der Waals surface area contributed by atoms with Crippen LogP contribution in [-0.2, 0) is 12.8 Å². The number of nitrogens with zero attached hydrogens (tertiary/aromatic N) is 1. The first-order chi connectivity index (χ1) is 8.92. The van der Waals surface area contributed by atoms with Gasteiger partial charge in [0.15, 0.2) is 0 Å². The van der Waals surface area contributed by atoms with Gasteiger partial charge in [0.1, 0.15) is 0 Å². The number of aromatic nitrogens is 1. The Morgan fingerprint density at radius 3 is 2.67 bits per heavy atom. The zero-order chi connectivity index (χ0) is 11.9. The first kappa shape index (κ1) is 10.1. The highest BCUT2D eigenvalue weighted by Crippen LogP contribution is 2.28. The van der Waals surface area contributed by atoms with Crippen molar-refractivity contribution in [2.45, 2.75) is 25.7 Å². The van der Waals surface area contributed by atoms with Crippen LogP contribution in [0.1, 0.15) is 24.1 Å². The van der Waals surface area contributed by atoms with E-state index >= 15 is 0 Å². The van der Waals surface area contributed by atoms with Gasteiger partial charge in [0.2, 0.25) is 0 Å². The highest BCUT2D eigenvalue weighted by molar-refractivity contribution is 6.05. The summed E-state index contributed by atoms with van der Waals surface area (Å²) in [7, 11) is 0. The first-order valence-corrected chi connectivity index (χ1v) is 6.72. The molecule has 0 radical (unpaired) electrons. The number of pyridine rings is 1. The van der Waals surface area contributed by atoms with E-state index in [4.69, 9.17) is 4.98 Å². The Hall–Kier alpha value is -1.89. The van der Waals surface area contributed by atoms with Crippen molar-refractivity contribution in [3.05, 3.63) is 53.7 Å². The second-order valence-corrected chi connectivity index (χ2v) is 5.16. The lowest BCUT2D eigenvalue weighted by Gasteiger charge is -2.16. The molecule has 0 N–H and O–H groups in total. The molecule has 18 heavy (non-hydrogen) atoms.